The molecule has 0 spiro atoms. The van der Waals surface area contributed by atoms with Crippen LogP contribution in [-0.2, 0) is 12.6 Å². The predicted octanol–water partition coefficient (Wildman–Crippen LogP) is 4.26. The van der Waals surface area contributed by atoms with Crippen LogP contribution in [0.2, 0.25) is 0 Å². The van der Waals surface area contributed by atoms with E-state index in [1.807, 2.05) is 0 Å². The smallest absolute Gasteiger partial charge is 0.388 e. The van der Waals surface area contributed by atoms with Crippen molar-refractivity contribution in [3.05, 3.63) is 70.8 Å². The minimum atomic E-state index is -4.67. The standard InChI is InChI=1S/C15H11F5O/c16-12-3-1-2-10(7-12)14(21)6-9-4-11(15(18,19)20)8-13(17)5-9/h1-5,7-8,14,21H,6H2/t14-/m1/s1. The predicted molar refractivity (Wildman–Crippen MR) is 66.5 cm³/mol. The Morgan fingerprint density at radius 2 is 1.67 bits per heavy atom. The van der Waals surface area contributed by atoms with Crippen molar-refractivity contribution in [3.63, 3.8) is 0 Å². The maximum absolute atomic E-state index is 13.2. The molecule has 0 saturated heterocycles. The van der Waals surface area contributed by atoms with Crippen LogP contribution in [-0.4, -0.2) is 5.11 Å². The quantitative estimate of drug-likeness (QED) is 0.840. The molecule has 1 nitrogen and oxygen atoms in total. The van der Waals surface area contributed by atoms with Crippen LogP contribution in [0, 0.1) is 11.6 Å². The molecule has 0 unspecified atom stereocenters. The van der Waals surface area contributed by atoms with Crippen LogP contribution in [0.25, 0.3) is 0 Å². The van der Waals surface area contributed by atoms with Crippen LogP contribution in [0.4, 0.5) is 22.0 Å². The third-order valence-corrected chi connectivity index (χ3v) is 2.95. The van der Waals surface area contributed by atoms with E-state index in [4.69, 9.17) is 0 Å². The molecule has 6 heteroatoms. The highest BCUT2D eigenvalue weighted by Crippen LogP contribution is 2.31. The van der Waals surface area contributed by atoms with Crippen molar-refractivity contribution in [1.29, 1.82) is 0 Å². The molecule has 0 heterocycles. The molecule has 2 rings (SSSR count). The highest BCUT2D eigenvalue weighted by molar-refractivity contribution is 5.29. The summed E-state index contributed by atoms with van der Waals surface area (Å²) < 4.78 is 64.0. The molecule has 1 atom stereocenters. The maximum Gasteiger partial charge on any atom is 0.416 e. The summed E-state index contributed by atoms with van der Waals surface area (Å²) >= 11 is 0. The van der Waals surface area contributed by atoms with Gasteiger partial charge in [0, 0.05) is 6.42 Å². The molecule has 0 bridgehead atoms. The average Bonchev–Trinajstić information content (AvgIpc) is 2.37. The molecule has 1 N–H and O–H groups in total. The molecule has 21 heavy (non-hydrogen) atoms. The first-order valence-corrected chi connectivity index (χ1v) is 6.06. The minimum absolute atomic E-state index is 0.0147. The van der Waals surface area contributed by atoms with E-state index in [0.29, 0.717) is 6.07 Å². The van der Waals surface area contributed by atoms with E-state index in [1.165, 1.54) is 18.2 Å². The van der Waals surface area contributed by atoms with Crippen molar-refractivity contribution >= 4 is 0 Å². The van der Waals surface area contributed by atoms with E-state index in [1.54, 1.807) is 0 Å². The summed E-state index contributed by atoms with van der Waals surface area (Å²) in [5.74, 6) is -1.60. The molecule has 0 amide bonds. The van der Waals surface area contributed by atoms with Gasteiger partial charge in [0.05, 0.1) is 11.7 Å². The van der Waals surface area contributed by atoms with Crippen LogP contribution < -0.4 is 0 Å². The fraction of sp³-hybridized carbons (Fsp3) is 0.200. The average molecular weight is 302 g/mol. The molecule has 2 aromatic rings. The van der Waals surface area contributed by atoms with E-state index in [9.17, 15) is 27.1 Å². The number of hydrogen-bond donors (Lipinski definition) is 1. The van der Waals surface area contributed by atoms with Gasteiger partial charge >= 0.3 is 6.18 Å². The van der Waals surface area contributed by atoms with Crippen LogP contribution in [0.1, 0.15) is 22.8 Å². The third-order valence-electron chi connectivity index (χ3n) is 2.95. The molecule has 0 aromatic heterocycles. The zero-order chi connectivity index (χ0) is 15.6. The van der Waals surface area contributed by atoms with Gasteiger partial charge in [-0.3, -0.25) is 0 Å². The summed E-state index contributed by atoms with van der Waals surface area (Å²) in [6.45, 7) is 0. The number of rotatable bonds is 3. The first kappa shape index (κ1) is 15.4. The van der Waals surface area contributed by atoms with Gasteiger partial charge in [-0.25, -0.2) is 8.78 Å². The zero-order valence-corrected chi connectivity index (χ0v) is 10.7. The van der Waals surface area contributed by atoms with E-state index in [2.05, 4.69) is 0 Å². The Kier molecular flexibility index (Phi) is 4.27. The number of hydrogen-bond acceptors (Lipinski definition) is 1. The van der Waals surface area contributed by atoms with Gasteiger partial charge in [-0.1, -0.05) is 12.1 Å². The Bertz CT molecular complexity index is 636. The van der Waals surface area contributed by atoms with Gasteiger partial charge < -0.3 is 5.11 Å². The second-order valence-corrected chi connectivity index (χ2v) is 4.62. The van der Waals surface area contributed by atoms with Crippen molar-refractivity contribution in [2.45, 2.75) is 18.7 Å². The highest BCUT2D eigenvalue weighted by Gasteiger charge is 2.31. The number of aliphatic hydroxyl groups is 1. The summed E-state index contributed by atoms with van der Waals surface area (Å²) in [7, 11) is 0. The summed E-state index contributed by atoms with van der Waals surface area (Å²) in [6.07, 6.45) is -6.13. The molecule has 0 saturated carbocycles. The molecule has 0 radical (unpaired) electrons. The molecule has 2 aromatic carbocycles. The van der Waals surface area contributed by atoms with Crippen LogP contribution in [0.15, 0.2) is 42.5 Å². The third kappa shape index (κ3) is 4.01. The Morgan fingerprint density at radius 1 is 0.952 bits per heavy atom. The van der Waals surface area contributed by atoms with Crippen molar-refractivity contribution in [3.8, 4) is 0 Å². The molecule has 0 aliphatic heterocycles. The summed E-state index contributed by atoms with van der Waals surface area (Å²) in [5.41, 5.74) is -0.921. The highest BCUT2D eigenvalue weighted by atomic mass is 19.4. The van der Waals surface area contributed by atoms with E-state index >= 15 is 0 Å². The summed E-state index contributed by atoms with van der Waals surface area (Å²) in [6, 6.07) is 7.15. The monoisotopic (exact) mass is 302 g/mol. The van der Waals surface area contributed by atoms with E-state index in [-0.39, 0.29) is 17.5 Å². The molecule has 112 valence electrons. The summed E-state index contributed by atoms with van der Waals surface area (Å²) in [5, 5.41) is 9.91. The largest absolute Gasteiger partial charge is 0.416 e. The Balaban J connectivity index is 2.25. The van der Waals surface area contributed by atoms with Crippen molar-refractivity contribution in [2.75, 3.05) is 0 Å². The summed E-state index contributed by atoms with van der Waals surface area (Å²) in [4.78, 5) is 0. The Morgan fingerprint density at radius 3 is 2.29 bits per heavy atom. The molecule has 0 fully saturated rings. The molecule has 0 aliphatic carbocycles. The van der Waals surface area contributed by atoms with Gasteiger partial charge in [-0.15, -0.1) is 0 Å². The van der Waals surface area contributed by atoms with E-state index in [0.717, 1.165) is 18.2 Å². The number of benzene rings is 2. The molecular formula is C15H11F5O. The SMILES string of the molecule is O[C@H](Cc1cc(F)cc(C(F)(F)F)c1)c1cccc(F)c1. The number of alkyl halides is 3. The van der Waals surface area contributed by atoms with Gasteiger partial charge in [0.2, 0.25) is 0 Å². The van der Waals surface area contributed by atoms with Crippen molar-refractivity contribution < 1.29 is 27.1 Å². The second-order valence-electron chi connectivity index (χ2n) is 4.62. The fourth-order valence-corrected chi connectivity index (χ4v) is 1.99. The van der Waals surface area contributed by atoms with Crippen molar-refractivity contribution in [2.24, 2.45) is 0 Å². The molecule has 0 aliphatic rings. The van der Waals surface area contributed by atoms with E-state index < -0.39 is 29.5 Å². The number of aliphatic hydroxyl groups excluding tert-OH is 1. The van der Waals surface area contributed by atoms with Gasteiger partial charge in [0.15, 0.2) is 0 Å². The van der Waals surface area contributed by atoms with Gasteiger partial charge in [-0.05, 0) is 41.5 Å². The van der Waals surface area contributed by atoms with Crippen LogP contribution >= 0.6 is 0 Å². The lowest BCUT2D eigenvalue weighted by Gasteiger charge is -2.13. The molecular weight excluding hydrogens is 291 g/mol. The maximum atomic E-state index is 13.2. The second kappa shape index (κ2) is 5.81. The number of halogens is 5. The first-order valence-electron chi connectivity index (χ1n) is 6.06. The van der Waals surface area contributed by atoms with Crippen molar-refractivity contribution in [1.82, 2.24) is 0 Å². The lowest BCUT2D eigenvalue weighted by molar-refractivity contribution is -0.137. The lowest BCUT2D eigenvalue weighted by Crippen LogP contribution is -2.08. The fourth-order valence-electron chi connectivity index (χ4n) is 1.99. The first-order chi connectivity index (χ1) is 9.75. The normalized spacial score (nSPS) is 13.2. The topological polar surface area (TPSA) is 20.2 Å². The van der Waals surface area contributed by atoms with Crippen LogP contribution in [0.3, 0.4) is 0 Å². The van der Waals surface area contributed by atoms with Crippen LogP contribution in [0.5, 0.6) is 0 Å². The Hall–Kier alpha value is -1.95. The lowest BCUT2D eigenvalue weighted by atomic mass is 9.99. The van der Waals surface area contributed by atoms with Gasteiger partial charge in [-0.2, -0.15) is 13.2 Å². The zero-order valence-electron chi connectivity index (χ0n) is 10.7. The Labute approximate surface area is 117 Å². The minimum Gasteiger partial charge on any atom is -0.388 e. The van der Waals surface area contributed by atoms with Gasteiger partial charge in [0.1, 0.15) is 11.6 Å². The van der Waals surface area contributed by atoms with Gasteiger partial charge in [0.25, 0.3) is 0 Å².